The van der Waals surface area contributed by atoms with Gasteiger partial charge >= 0.3 is 0 Å². The maximum atomic E-state index is 6.12. The molecule has 1 aromatic carbocycles. The molecule has 134 valence electrons. The van der Waals surface area contributed by atoms with Crippen LogP contribution < -0.4 is 4.74 Å². The minimum absolute atomic E-state index is 0.326. The van der Waals surface area contributed by atoms with E-state index in [-0.39, 0.29) is 0 Å². The molecule has 2 unspecified atom stereocenters. The van der Waals surface area contributed by atoms with Crippen molar-refractivity contribution in [2.45, 2.75) is 57.3 Å². The molecule has 0 saturated carbocycles. The highest BCUT2D eigenvalue weighted by molar-refractivity contribution is 5.30. The molecule has 0 N–H and O–H groups in total. The average molecular weight is 333 g/mol. The summed E-state index contributed by atoms with van der Waals surface area (Å²) in [7, 11) is 1.72. The van der Waals surface area contributed by atoms with E-state index in [1.54, 1.807) is 7.11 Å². The highest BCUT2D eigenvalue weighted by Gasteiger charge is 2.25. The number of methoxy groups -OCH3 is 1. The maximum Gasteiger partial charge on any atom is 0.119 e. The molecule has 0 spiro atoms. The third kappa shape index (κ3) is 4.71. The fourth-order valence-electron chi connectivity index (χ4n) is 3.72. The van der Waals surface area contributed by atoms with Gasteiger partial charge in [-0.15, -0.1) is 0 Å². The van der Waals surface area contributed by atoms with Crippen molar-refractivity contribution in [2.24, 2.45) is 0 Å². The summed E-state index contributed by atoms with van der Waals surface area (Å²) in [6.45, 7) is 6.15. The monoisotopic (exact) mass is 333 g/mol. The Morgan fingerprint density at radius 1 is 1.21 bits per heavy atom. The minimum atomic E-state index is 0.326. The van der Waals surface area contributed by atoms with Crippen LogP contribution in [-0.2, 0) is 9.47 Å². The molecule has 2 aliphatic heterocycles. The molecule has 1 aromatic rings. The molecule has 2 fully saturated rings. The number of likely N-dealkylation sites (tertiary alicyclic amines) is 1. The molecule has 2 heterocycles. The van der Waals surface area contributed by atoms with Gasteiger partial charge in [-0.3, -0.25) is 4.90 Å². The second kappa shape index (κ2) is 8.84. The lowest BCUT2D eigenvalue weighted by atomic mass is 10.0. The molecule has 2 saturated heterocycles. The Labute approximate surface area is 146 Å². The van der Waals surface area contributed by atoms with Gasteiger partial charge < -0.3 is 14.2 Å². The van der Waals surface area contributed by atoms with Crippen molar-refractivity contribution in [1.82, 2.24) is 4.90 Å². The molecule has 4 nitrogen and oxygen atoms in total. The average Bonchev–Trinajstić information content (AvgIpc) is 2.67. The molecule has 0 amide bonds. The summed E-state index contributed by atoms with van der Waals surface area (Å²) in [6.07, 6.45) is 6.59. The van der Waals surface area contributed by atoms with E-state index in [4.69, 9.17) is 14.2 Å². The Bertz CT molecular complexity index is 493. The fourth-order valence-corrected chi connectivity index (χ4v) is 3.72. The number of piperidine rings is 1. The summed E-state index contributed by atoms with van der Waals surface area (Å²) in [6, 6.07) is 8.83. The van der Waals surface area contributed by atoms with Gasteiger partial charge in [0.05, 0.1) is 25.9 Å². The van der Waals surface area contributed by atoms with Crippen molar-refractivity contribution in [3.05, 3.63) is 29.8 Å². The van der Waals surface area contributed by atoms with Crippen LogP contribution in [0.5, 0.6) is 5.75 Å². The van der Waals surface area contributed by atoms with Crippen molar-refractivity contribution in [2.75, 3.05) is 33.4 Å². The molecule has 0 radical (unpaired) electrons. The highest BCUT2D eigenvalue weighted by Crippen LogP contribution is 2.27. The first-order valence-electron chi connectivity index (χ1n) is 9.37. The number of hydrogen-bond acceptors (Lipinski definition) is 4. The van der Waals surface area contributed by atoms with E-state index in [0.29, 0.717) is 18.2 Å². The first-order chi connectivity index (χ1) is 11.8. The topological polar surface area (TPSA) is 30.9 Å². The maximum absolute atomic E-state index is 6.12. The van der Waals surface area contributed by atoms with Crippen LogP contribution in [0.2, 0.25) is 0 Å². The summed E-state index contributed by atoms with van der Waals surface area (Å²) in [5, 5.41) is 0. The molecule has 3 rings (SSSR count). The predicted molar refractivity (Wildman–Crippen MR) is 95.5 cm³/mol. The van der Waals surface area contributed by atoms with E-state index in [2.05, 4.69) is 30.0 Å². The lowest BCUT2D eigenvalue weighted by molar-refractivity contribution is -0.0768. The van der Waals surface area contributed by atoms with Crippen LogP contribution in [0.25, 0.3) is 0 Å². The number of ether oxygens (including phenoxy) is 3. The first kappa shape index (κ1) is 17.7. The Hall–Kier alpha value is -1.10. The minimum Gasteiger partial charge on any atom is -0.497 e. The van der Waals surface area contributed by atoms with Crippen LogP contribution in [-0.4, -0.2) is 50.5 Å². The third-order valence-corrected chi connectivity index (χ3v) is 5.39. The van der Waals surface area contributed by atoms with Gasteiger partial charge in [0.2, 0.25) is 0 Å². The Morgan fingerprint density at radius 2 is 2.04 bits per heavy atom. The summed E-state index contributed by atoms with van der Waals surface area (Å²) >= 11 is 0. The van der Waals surface area contributed by atoms with Gasteiger partial charge in [-0.05, 0) is 56.7 Å². The van der Waals surface area contributed by atoms with Gasteiger partial charge in [0.25, 0.3) is 0 Å². The number of nitrogens with zero attached hydrogens (tertiary/aromatic N) is 1. The summed E-state index contributed by atoms with van der Waals surface area (Å²) in [5.74, 6) is 0.935. The normalized spacial score (nSPS) is 24.7. The largest absolute Gasteiger partial charge is 0.497 e. The zero-order valence-corrected chi connectivity index (χ0v) is 15.1. The molecular formula is C20H31NO3. The summed E-state index contributed by atoms with van der Waals surface area (Å²) in [5.41, 5.74) is 1.32. The highest BCUT2D eigenvalue weighted by atomic mass is 16.5. The van der Waals surface area contributed by atoms with Crippen LogP contribution >= 0.6 is 0 Å². The first-order valence-corrected chi connectivity index (χ1v) is 9.37. The van der Waals surface area contributed by atoms with E-state index in [0.717, 1.165) is 51.3 Å². The van der Waals surface area contributed by atoms with Gasteiger partial charge in [0.1, 0.15) is 5.75 Å². The SMILES string of the molecule is COc1cccc(C(C)N2CCC(OCC3CCCCO3)CC2)c1. The second-order valence-corrected chi connectivity index (χ2v) is 7.01. The van der Waals surface area contributed by atoms with Gasteiger partial charge in [0, 0.05) is 25.7 Å². The molecule has 0 bridgehead atoms. The molecule has 4 heteroatoms. The summed E-state index contributed by atoms with van der Waals surface area (Å²) < 4.78 is 17.2. The lowest BCUT2D eigenvalue weighted by Gasteiger charge is -2.36. The Balaban J connectivity index is 1.43. The lowest BCUT2D eigenvalue weighted by Crippen LogP contribution is -2.39. The van der Waals surface area contributed by atoms with Crippen LogP contribution in [0.15, 0.2) is 24.3 Å². The van der Waals surface area contributed by atoms with Crippen molar-refractivity contribution >= 4 is 0 Å². The van der Waals surface area contributed by atoms with E-state index >= 15 is 0 Å². The van der Waals surface area contributed by atoms with Crippen molar-refractivity contribution in [3.63, 3.8) is 0 Å². The Morgan fingerprint density at radius 3 is 2.75 bits per heavy atom. The summed E-state index contributed by atoms with van der Waals surface area (Å²) in [4.78, 5) is 2.55. The molecule has 2 aliphatic rings. The van der Waals surface area contributed by atoms with Crippen molar-refractivity contribution < 1.29 is 14.2 Å². The number of rotatable bonds is 6. The predicted octanol–water partition coefficient (Wildman–Crippen LogP) is 3.81. The zero-order chi connectivity index (χ0) is 16.8. The van der Waals surface area contributed by atoms with E-state index in [1.807, 2.05) is 6.07 Å². The van der Waals surface area contributed by atoms with E-state index in [1.165, 1.54) is 18.4 Å². The molecule has 24 heavy (non-hydrogen) atoms. The van der Waals surface area contributed by atoms with Crippen LogP contribution in [0.3, 0.4) is 0 Å². The number of hydrogen-bond donors (Lipinski definition) is 0. The van der Waals surface area contributed by atoms with Crippen LogP contribution in [0, 0.1) is 0 Å². The molecule has 0 aliphatic carbocycles. The molecule has 2 atom stereocenters. The van der Waals surface area contributed by atoms with Gasteiger partial charge in [-0.25, -0.2) is 0 Å². The van der Waals surface area contributed by atoms with Crippen molar-refractivity contribution in [1.29, 1.82) is 0 Å². The fraction of sp³-hybridized carbons (Fsp3) is 0.700. The van der Waals surface area contributed by atoms with E-state index in [9.17, 15) is 0 Å². The second-order valence-electron chi connectivity index (χ2n) is 7.01. The molecule has 0 aromatic heterocycles. The Kier molecular flexibility index (Phi) is 6.52. The third-order valence-electron chi connectivity index (χ3n) is 5.39. The van der Waals surface area contributed by atoms with Crippen molar-refractivity contribution in [3.8, 4) is 5.75 Å². The quantitative estimate of drug-likeness (QED) is 0.792. The molecular weight excluding hydrogens is 302 g/mol. The van der Waals surface area contributed by atoms with Crippen LogP contribution in [0.1, 0.15) is 50.6 Å². The van der Waals surface area contributed by atoms with Gasteiger partial charge in [-0.1, -0.05) is 12.1 Å². The van der Waals surface area contributed by atoms with Crippen LogP contribution in [0.4, 0.5) is 0 Å². The van der Waals surface area contributed by atoms with E-state index < -0.39 is 0 Å². The smallest absolute Gasteiger partial charge is 0.119 e. The standard InChI is InChI=1S/C20H31NO3/c1-16(17-6-5-8-19(14-17)22-2)21-11-9-18(10-12-21)24-15-20-7-3-4-13-23-20/h5-6,8,14,16,18,20H,3-4,7,9-13,15H2,1-2H3. The van der Waals surface area contributed by atoms with Gasteiger partial charge in [-0.2, -0.15) is 0 Å². The zero-order valence-electron chi connectivity index (χ0n) is 15.1. The number of benzene rings is 1. The van der Waals surface area contributed by atoms with Gasteiger partial charge in [0.15, 0.2) is 0 Å².